The number of rotatable bonds is 0. The molecule has 2 rings (SSSR count). The Bertz CT molecular complexity index is 241. The average Bonchev–Trinajstić information content (AvgIpc) is 2.05. The van der Waals surface area contributed by atoms with Gasteiger partial charge in [-0.15, -0.1) is 11.5 Å². The van der Waals surface area contributed by atoms with E-state index in [-0.39, 0.29) is 0 Å². The van der Waals surface area contributed by atoms with Gasteiger partial charge in [0.1, 0.15) is 0 Å². The summed E-state index contributed by atoms with van der Waals surface area (Å²) in [5, 5.41) is 0. The van der Waals surface area contributed by atoms with Gasteiger partial charge >= 0.3 is 0 Å². The molecule has 0 aromatic heterocycles. The lowest BCUT2D eigenvalue weighted by Gasteiger charge is -2.15. The van der Waals surface area contributed by atoms with Gasteiger partial charge in [0.15, 0.2) is 0 Å². The average molecular weight is 132 g/mol. The van der Waals surface area contributed by atoms with Gasteiger partial charge in [-0.1, -0.05) is 0 Å². The van der Waals surface area contributed by atoms with E-state index in [9.17, 15) is 0 Å². The summed E-state index contributed by atoms with van der Waals surface area (Å²) in [6.45, 7) is 1.55. The normalized spacial score (nSPS) is 21.6. The van der Waals surface area contributed by atoms with E-state index < -0.39 is 0 Å². The number of fused-ring (bicyclic) bond motifs is 1. The molecule has 10 heavy (non-hydrogen) atoms. The molecule has 0 amide bonds. The van der Waals surface area contributed by atoms with E-state index in [1.165, 1.54) is 11.1 Å². The molecule has 0 aromatic carbocycles. The molecule has 1 nitrogen and oxygen atoms in total. The van der Waals surface area contributed by atoms with Gasteiger partial charge in [0.2, 0.25) is 0 Å². The highest BCUT2D eigenvalue weighted by Crippen LogP contribution is 2.18. The van der Waals surface area contributed by atoms with Crippen molar-refractivity contribution in [1.29, 1.82) is 0 Å². The Morgan fingerprint density at radius 3 is 2.80 bits per heavy atom. The van der Waals surface area contributed by atoms with Gasteiger partial charge in [-0.3, -0.25) is 0 Å². The van der Waals surface area contributed by atoms with E-state index in [4.69, 9.17) is 4.74 Å². The van der Waals surface area contributed by atoms with Crippen LogP contribution in [0.2, 0.25) is 0 Å². The van der Waals surface area contributed by atoms with Crippen LogP contribution in [0.5, 0.6) is 0 Å². The number of hydrogen-bond donors (Lipinski definition) is 0. The molecule has 0 bridgehead atoms. The lowest BCUT2D eigenvalue weighted by atomic mass is 10.0. The zero-order chi connectivity index (χ0) is 6.81. The first-order valence-electron chi connectivity index (χ1n) is 3.45. The van der Waals surface area contributed by atoms with Crippen molar-refractivity contribution in [3.05, 3.63) is 34.8 Å². The molecule has 0 unspecified atom stereocenters. The fraction of sp³-hybridized carbons (Fsp3) is 0.333. The second-order valence-electron chi connectivity index (χ2n) is 2.38. The Hall–Kier alpha value is -1.00. The quantitative estimate of drug-likeness (QED) is 0.455. The van der Waals surface area contributed by atoms with Gasteiger partial charge in [0.05, 0.1) is 13.2 Å². The van der Waals surface area contributed by atoms with Crippen LogP contribution in [0.15, 0.2) is 34.8 Å². The first-order valence-corrected chi connectivity index (χ1v) is 3.45. The van der Waals surface area contributed by atoms with Crippen molar-refractivity contribution in [2.45, 2.75) is 6.42 Å². The second kappa shape index (κ2) is 2.32. The summed E-state index contributed by atoms with van der Waals surface area (Å²) >= 11 is 0. The van der Waals surface area contributed by atoms with Gasteiger partial charge in [0, 0.05) is 17.6 Å². The SMILES string of the molecule is C1=CC=C=C2COCCC=12. The Morgan fingerprint density at radius 1 is 1.20 bits per heavy atom. The van der Waals surface area contributed by atoms with E-state index in [0.29, 0.717) is 6.61 Å². The van der Waals surface area contributed by atoms with E-state index in [1.807, 2.05) is 12.2 Å². The molecular weight excluding hydrogens is 124 g/mol. The third kappa shape index (κ3) is 0.872. The molecule has 1 heteroatoms. The zero-order valence-electron chi connectivity index (χ0n) is 5.68. The predicted octanol–water partition coefficient (Wildman–Crippen LogP) is 1.58. The first-order chi connectivity index (χ1) is 4.97. The smallest absolute Gasteiger partial charge is 0.0798 e. The van der Waals surface area contributed by atoms with Crippen molar-refractivity contribution in [3.8, 4) is 0 Å². The van der Waals surface area contributed by atoms with Crippen LogP contribution in [0.25, 0.3) is 0 Å². The molecular formula is C9H8O. The molecule has 0 atom stereocenters. The summed E-state index contributed by atoms with van der Waals surface area (Å²) in [5.41, 5.74) is 8.76. The van der Waals surface area contributed by atoms with Gasteiger partial charge in [-0.25, -0.2) is 0 Å². The maximum Gasteiger partial charge on any atom is 0.0798 e. The van der Waals surface area contributed by atoms with Gasteiger partial charge in [0.25, 0.3) is 0 Å². The first kappa shape index (κ1) is 5.76. The highest BCUT2D eigenvalue weighted by molar-refractivity contribution is 5.36. The summed E-state index contributed by atoms with van der Waals surface area (Å²) < 4.78 is 5.24. The number of ether oxygens (including phenoxy) is 1. The molecule has 0 aromatic rings. The Kier molecular flexibility index (Phi) is 1.34. The van der Waals surface area contributed by atoms with E-state index in [2.05, 4.69) is 11.5 Å². The third-order valence-corrected chi connectivity index (χ3v) is 1.71. The van der Waals surface area contributed by atoms with E-state index >= 15 is 0 Å². The van der Waals surface area contributed by atoms with Crippen molar-refractivity contribution in [3.63, 3.8) is 0 Å². The van der Waals surface area contributed by atoms with Gasteiger partial charge in [-0.2, -0.15) is 0 Å². The Labute approximate surface area is 60.0 Å². The summed E-state index contributed by atoms with van der Waals surface area (Å²) in [7, 11) is 0. The molecule has 0 spiro atoms. The van der Waals surface area contributed by atoms with Crippen LogP contribution in [0, 0.1) is 0 Å². The molecule has 1 aliphatic carbocycles. The molecule has 1 heterocycles. The monoisotopic (exact) mass is 132 g/mol. The lowest BCUT2D eigenvalue weighted by Crippen LogP contribution is -2.10. The molecule has 0 radical (unpaired) electrons. The summed E-state index contributed by atoms with van der Waals surface area (Å²) in [6.07, 6.45) is 4.78. The highest BCUT2D eigenvalue weighted by atomic mass is 16.5. The summed E-state index contributed by atoms with van der Waals surface area (Å²) in [6, 6.07) is 0. The minimum Gasteiger partial charge on any atom is -0.376 e. The van der Waals surface area contributed by atoms with Crippen LogP contribution in [-0.4, -0.2) is 13.2 Å². The molecule has 1 saturated heterocycles. The summed E-state index contributed by atoms with van der Waals surface area (Å²) in [5.74, 6) is 0. The van der Waals surface area contributed by atoms with E-state index in [1.54, 1.807) is 0 Å². The van der Waals surface area contributed by atoms with Crippen molar-refractivity contribution in [1.82, 2.24) is 0 Å². The standard InChI is InChI=1S/C9H8O/c1-2-4-9-7-10-6-5-8(9)3-1/h1-2H,5-7H2. The largest absolute Gasteiger partial charge is 0.376 e. The van der Waals surface area contributed by atoms with E-state index in [0.717, 1.165) is 13.0 Å². The molecule has 1 aliphatic heterocycles. The zero-order valence-corrected chi connectivity index (χ0v) is 5.68. The van der Waals surface area contributed by atoms with Crippen LogP contribution >= 0.6 is 0 Å². The molecule has 0 saturated carbocycles. The minimum absolute atomic E-state index is 0.715. The Balaban J connectivity index is 2.38. The summed E-state index contributed by atoms with van der Waals surface area (Å²) in [4.78, 5) is 0. The van der Waals surface area contributed by atoms with Crippen molar-refractivity contribution < 1.29 is 4.74 Å². The third-order valence-electron chi connectivity index (χ3n) is 1.71. The fourth-order valence-corrected chi connectivity index (χ4v) is 1.16. The second-order valence-corrected chi connectivity index (χ2v) is 2.38. The van der Waals surface area contributed by atoms with Gasteiger partial charge in [-0.05, 0) is 12.2 Å². The molecule has 1 fully saturated rings. The topological polar surface area (TPSA) is 9.23 Å². The predicted molar refractivity (Wildman–Crippen MR) is 38.6 cm³/mol. The molecule has 2 aliphatic rings. The van der Waals surface area contributed by atoms with Crippen LogP contribution in [0.1, 0.15) is 6.42 Å². The van der Waals surface area contributed by atoms with Crippen LogP contribution in [0.4, 0.5) is 0 Å². The molecule has 0 N–H and O–H groups in total. The van der Waals surface area contributed by atoms with Crippen LogP contribution in [-0.2, 0) is 4.74 Å². The highest BCUT2D eigenvalue weighted by Gasteiger charge is 2.10. The van der Waals surface area contributed by atoms with Gasteiger partial charge < -0.3 is 4.74 Å². The fourth-order valence-electron chi connectivity index (χ4n) is 1.16. The maximum atomic E-state index is 5.24. The van der Waals surface area contributed by atoms with Crippen molar-refractivity contribution >= 4 is 0 Å². The van der Waals surface area contributed by atoms with Crippen molar-refractivity contribution in [2.24, 2.45) is 0 Å². The van der Waals surface area contributed by atoms with Crippen LogP contribution in [0.3, 0.4) is 0 Å². The maximum absolute atomic E-state index is 5.24. The minimum atomic E-state index is 0.715. The Morgan fingerprint density at radius 2 is 2.00 bits per heavy atom. The van der Waals surface area contributed by atoms with Crippen LogP contribution < -0.4 is 0 Å². The molecule has 50 valence electrons. The van der Waals surface area contributed by atoms with Crippen molar-refractivity contribution in [2.75, 3.05) is 13.2 Å². The number of hydrogen-bond acceptors (Lipinski definition) is 1. The lowest BCUT2D eigenvalue weighted by molar-refractivity contribution is 0.146.